The molecule has 2 atom stereocenters. The van der Waals surface area contributed by atoms with Crippen molar-refractivity contribution >= 4 is 17.2 Å². The molecule has 0 bridgehead atoms. The van der Waals surface area contributed by atoms with Gasteiger partial charge in [0.15, 0.2) is 0 Å². The van der Waals surface area contributed by atoms with Crippen LogP contribution in [0.5, 0.6) is 0 Å². The highest BCUT2D eigenvalue weighted by Gasteiger charge is 2.44. The van der Waals surface area contributed by atoms with Crippen LogP contribution in [0, 0.1) is 0 Å². The highest BCUT2D eigenvalue weighted by atomic mass is 32.1. The van der Waals surface area contributed by atoms with Gasteiger partial charge >= 0.3 is 0 Å². The van der Waals surface area contributed by atoms with Crippen LogP contribution in [0.1, 0.15) is 37.2 Å². The number of carbonyl (C=O) groups excluding carboxylic acids is 1. The summed E-state index contributed by atoms with van der Waals surface area (Å²) in [5.41, 5.74) is 1.86. The highest BCUT2D eigenvalue weighted by Crippen LogP contribution is 2.33. The van der Waals surface area contributed by atoms with Crippen LogP contribution in [0.4, 0.5) is 0 Å². The molecule has 0 saturated carbocycles. The monoisotopic (exact) mass is 353 g/mol. The van der Waals surface area contributed by atoms with Crippen LogP contribution < -0.4 is 0 Å². The number of amides is 1. The molecule has 0 aromatic carbocycles. The zero-order valence-corrected chi connectivity index (χ0v) is 15.4. The van der Waals surface area contributed by atoms with Crippen LogP contribution in [0.25, 0.3) is 0 Å². The molecule has 0 N–H and O–H groups in total. The molecule has 2 aliphatic rings. The Kier molecular flexibility index (Phi) is 5.86. The summed E-state index contributed by atoms with van der Waals surface area (Å²) >= 11 is 1.45. The molecule has 2 saturated heterocycles. The van der Waals surface area contributed by atoms with Gasteiger partial charge in [0.05, 0.1) is 31.4 Å². The smallest absolute Gasteiger partial charge is 0.273 e. The maximum absolute atomic E-state index is 12.7. The van der Waals surface area contributed by atoms with Gasteiger partial charge < -0.3 is 19.3 Å². The molecule has 24 heavy (non-hydrogen) atoms. The summed E-state index contributed by atoms with van der Waals surface area (Å²) in [5.74, 6) is -0.0167. The Labute approximate surface area is 147 Å². The summed E-state index contributed by atoms with van der Waals surface area (Å²) in [6.07, 6.45) is 2.20. The molecule has 0 unspecified atom stereocenters. The van der Waals surface area contributed by atoms with Crippen LogP contribution in [0.3, 0.4) is 0 Å². The predicted molar refractivity (Wildman–Crippen MR) is 93.5 cm³/mol. The lowest BCUT2D eigenvalue weighted by Gasteiger charge is -2.32. The van der Waals surface area contributed by atoms with Gasteiger partial charge in [-0.05, 0) is 25.9 Å². The van der Waals surface area contributed by atoms with E-state index in [2.05, 4.69) is 23.7 Å². The van der Waals surface area contributed by atoms with Gasteiger partial charge in [-0.2, -0.15) is 0 Å². The number of thiazole rings is 1. The molecule has 3 rings (SSSR count). The van der Waals surface area contributed by atoms with Crippen LogP contribution >= 0.6 is 11.3 Å². The Morgan fingerprint density at radius 2 is 2.33 bits per heavy atom. The van der Waals surface area contributed by atoms with Crippen LogP contribution in [0.2, 0.25) is 0 Å². The summed E-state index contributed by atoms with van der Waals surface area (Å²) in [6, 6.07) is 0. The zero-order valence-electron chi connectivity index (χ0n) is 14.6. The van der Waals surface area contributed by atoms with Gasteiger partial charge in [0.25, 0.3) is 5.91 Å². The van der Waals surface area contributed by atoms with Crippen molar-refractivity contribution in [2.24, 2.45) is 0 Å². The molecule has 2 aliphatic heterocycles. The Bertz CT molecular complexity index is 535. The Morgan fingerprint density at radius 3 is 3.04 bits per heavy atom. The second-order valence-corrected chi connectivity index (χ2v) is 7.32. The van der Waals surface area contributed by atoms with Crippen molar-refractivity contribution in [3.63, 3.8) is 0 Å². The Hall–Kier alpha value is -1.02. The van der Waals surface area contributed by atoms with Gasteiger partial charge in [0, 0.05) is 18.5 Å². The first-order chi connectivity index (χ1) is 11.7. The number of hydrogen-bond donors (Lipinski definition) is 0. The first-order valence-electron chi connectivity index (χ1n) is 8.81. The topological polar surface area (TPSA) is 54.9 Å². The van der Waals surface area contributed by atoms with Crippen molar-refractivity contribution in [1.29, 1.82) is 0 Å². The predicted octanol–water partition coefficient (Wildman–Crippen LogP) is 1.88. The van der Waals surface area contributed by atoms with Crippen LogP contribution in [-0.2, 0) is 9.47 Å². The minimum absolute atomic E-state index is 0.0167. The molecule has 0 aliphatic carbocycles. The van der Waals surface area contributed by atoms with E-state index in [0.29, 0.717) is 32.0 Å². The summed E-state index contributed by atoms with van der Waals surface area (Å²) in [4.78, 5) is 21.0. The quantitative estimate of drug-likeness (QED) is 0.809. The van der Waals surface area contributed by atoms with Gasteiger partial charge in [-0.25, -0.2) is 4.98 Å². The highest BCUT2D eigenvalue weighted by molar-refractivity contribution is 7.07. The summed E-state index contributed by atoms with van der Waals surface area (Å²) in [6.45, 7) is 9.70. The lowest BCUT2D eigenvalue weighted by molar-refractivity contribution is -0.0896. The van der Waals surface area contributed by atoms with E-state index < -0.39 is 0 Å². The molecular weight excluding hydrogens is 326 g/mol. The van der Waals surface area contributed by atoms with E-state index in [9.17, 15) is 4.79 Å². The van der Waals surface area contributed by atoms with E-state index >= 15 is 0 Å². The number of carbonyl (C=O) groups is 1. The fourth-order valence-electron chi connectivity index (χ4n) is 3.58. The largest absolute Gasteiger partial charge is 0.377 e. The summed E-state index contributed by atoms with van der Waals surface area (Å²) < 4.78 is 12.2. The normalized spacial score (nSPS) is 27.8. The zero-order chi connectivity index (χ0) is 17.0. The van der Waals surface area contributed by atoms with Crippen molar-refractivity contribution in [3.05, 3.63) is 16.6 Å². The minimum atomic E-state index is -0.361. The molecule has 1 aromatic heterocycles. The lowest BCUT2D eigenvalue weighted by Crippen LogP contribution is -2.47. The fraction of sp³-hybridized carbons (Fsp3) is 0.765. The number of likely N-dealkylation sites (N-methyl/N-ethyl adjacent to an activating group) is 1. The minimum Gasteiger partial charge on any atom is -0.377 e. The van der Waals surface area contributed by atoms with E-state index in [0.717, 1.165) is 32.5 Å². The summed E-state index contributed by atoms with van der Waals surface area (Å²) in [7, 11) is 0. The van der Waals surface area contributed by atoms with Gasteiger partial charge in [-0.1, -0.05) is 13.8 Å². The third-order valence-electron chi connectivity index (χ3n) is 4.98. The fourth-order valence-corrected chi connectivity index (χ4v) is 4.10. The first-order valence-corrected chi connectivity index (χ1v) is 9.75. The SMILES string of the molecule is CCN(CC)C[C@H]1CC[C@@]2(COCCN(C(=O)c3cscn3)C2)O1. The average Bonchev–Trinajstić information content (AvgIpc) is 3.20. The first kappa shape index (κ1) is 17.8. The second-order valence-electron chi connectivity index (χ2n) is 6.60. The molecule has 134 valence electrons. The van der Waals surface area contributed by atoms with Crippen LogP contribution in [0.15, 0.2) is 10.9 Å². The van der Waals surface area contributed by atoms with E-state index in [-0.39, 0.29) is 17.6 Å². The molecular formula is C17H27N3O3S. The third kappa shape index (κ3) is 3.96. The van der Waals surface area contributed by atoms with Gasteiger partial charge in [-0.15, -0.1) is 11.3 Å². The number of ether oxygens (including phenoxy) is 2. The Morgan fingerprint density at radius 1 is 1.50 bits per heavy atom. The molecule has 7 heteroatoms. The summed E-state index contributed by atoms with van der Waals surface area (Å²) in [5, 5.41) is 1.80. The molecule has 0 radical (unpaired) electrons. The van der Waals surface area contributed by atoms with Crippen molar-refractivity contribution < 1.29 is 14.3 Å². The lowest BCUT2D eigenvalue weighted by atomic mass is 10.00. The second kappa shape index (κ2) is 7.91. The van der Waals surface area contributed by atoms with E-state index in [1.54, 1.807) is 10.9 Å². The van der Waals surface area contributed by atoms with E-state index in [1.165, 1.54) is 11.3 Å². The molecule has 1 aromatic rings. The standard InChI is InChI=1S/C17H27N3O3S/c1-3-19(4-2)9-14-5-6-17(23-14)11-20(7-8-22-12-17)16(21)15-10-24-13-18-15/h10,13-14H,3-9,11-12H2,1-2H3/t14-,17-/m1/s1. The molecule has 1 amide bonds. The van der Waals surface area contributed by atoms with Gasteiger partial charge in [-0.3, -0.25) is 4.79 Å². The van der Waals surface area contributed by atoms with Gasteiger partial charge in [0.2, 0.25) is 0 Å². The van der Waals surface area contributed by atoms with Crippen molar-refractivity contribution in [3.8, 4) is 0 Å². The number of hydrogen-bond acceptors (Lipinski definition) is 6. The van der Waals surface area contributed by atoms with Crippen LogP contribution in [-0.4, -0.2) is 78.3 Å². The molecule has 3 heterocycles. The number of rotatable bonds is 5. The van der Waals surface area contributed by atoms with Crippen molar-refractivity contribution in [2.75, 3.05) is 45.9 Å². The van der Waals surface area contributed by atoms with Crippen molar-refractivity contribution in [1.82, 2.24) is 14.8 Å². The number of aromatic nitrogens is 1. The molecule has 2 fully saturated rings. The Balaban J connectivity index is 1.65. The maximum atomic E-state index is 12.7. The average molecular weight is 353 g/mol. The number of nitrogens with zero attached hydrogens (tertiary/aromatic N) is 3. The molecule has 1 spiro atoms. The van der Waals surface area contributed by atoms with Crippen molar-refractivity contribution in [2.45, 2.75) is 38.4 Å². The van der Waals surface area contributed by atoms with E-state index in [1.807, 2.05) is 4.90 Å². The molecule has 6 nitrogen and oxygen atoms in total. The third-order valence-corrected chi connectivity index (χ3v) is 5.57. The van der Waals surface area contributed by atoms with E-state index in [4.69, 9.17) is 9.47 Å². The maximum Gasteiger partial charge on any atom is 0.273 e. The van der Waals surface area contributed by atoms with Gasteiger partial charge in [0.1, 0.15) is 11.3 Å².